The first-order valence-corrected chi connectivity index (χ1v) is 9.07. The van der Waals surface area contributed by atoms with Crippen LogP contribution in [-0.2, 0) is 0 Å². The third-order valence-electron chi connectivity index (χ3n) is 5.06. The van der Waals surface area contributed by atoms with Crippen molar-refractivity contribution < 1.29 is 9.90 Å². The summed E-state index contributed by atoms with van der Waals surface area (Å²) in [4.78, 5) is 14.6. The molecule has 2 fully saturated rings. The highest BCUT2D eigenvalue weighted by Crippen LogP contribution is 2.41. The molecule has 1 saturated carbocycles. The van der Waals surface area contributed by atoms with E-state index in [1.807, 2.05) is 48.5 Å². The molecule has 1 heterocycles. The van der Waals surface area contributed by atoms with Gasteiger partial charge in [0.15, 0.2) is 0 Å². The van der Waals surface area contributed by atoms with Gasteiger partial charge in [0.1, 0.15) is 0 Å². The second-order valence-electron chi connectivity index (χ2n) is 6.91. The van der Waals surface area contributed by atoms with Crippen LogP contribution in [0.25, 0.3) is 0 Å². The molecule has 1 saturated heterocycles. The third kappa shape index (κ3) is 3.65. The summed E-state index contributed by atoms with van der Waals surface area (Å²) < 4.78 is 0. The Labute approximate surface area is 152 Å². The summed E-state index contributed by atoms with van der Waals surface area (Å²) in [5, 5.41) is 13.5. The predicted molar refractivity (Wildman–Crippen MR) is 99.3 cm³/mol. The number of benzene rings is 2. The first-order chi connectivity index (χ1) is 12.1. The van der Waals surface area contributed by atoms with Crippen LogP contribution < -0.4 is 10.2 Å². The highest BCUT2D eigenvalue weighted by Gasteiger charge is 2.39. The SMILES string of the molecule is O=C(N[C@@H]1C[C@H]1c1ccc(Cl)cc1)c1ccc(N2CCC(O)C2)cc1. The number of nitrogens with zero attached hydrogens (tertiary/aromatic N) is 1. The Hall–Kier alpha value is -2.04. The average molecular weight is 357 g/mol. The molecule has 0 bridgehead atoms. The van der Waals surface area contributed by atoms with Crippen LogP contribution in [0.4, 0.5) is 5.69 Å². The number of carbonyl (C=O) groups excluding carboxylic acids is 1. The molecule has 3 atom stereocenters. The number of anilines is 1. The second-order valence-corrected chi connectivity index (χ2v) is 7.35. The fourth-order valence-corrected chi connectivity index (χ4v) is 3.61. The van der Waals surface area contributed by atoms with Crippen molar-refractivity contribution in [1.29, 1.82) is 0 Å². The minimum atomic E-state index is -0.248. The van der Waals surface area contributed by atoms with Gasteiger partial charge < -0.3 is 15.3 Å². The topological polar surface area (TPSA) is 52.6 Å². The molecule has 2 aromatic carbocycles. The third-order valence-corrected chi connectivity index (χ3v) is 5.32. The normalized spacial score (nSPS) is 25.0. The van der Waals surface area contributed by atoms with Gasteiger partial charge in [-0.1, -0.05) is 23.7 Å². The van der Waals surface area contributed by atoms with Gasteiger partial charge in [-0.15, -0.1) is 0 Å². The van der Waals surface area contributed by atoms with E-state index in [2.05, 4.69) is 10.2 Å². The van der Waals surface area contributed by atoms with E-state index in [0.717, 1.165) is 30.1 Å². The lowest BCUT2D eigenvalue weighted by molar-refractivity contribution is 0.0950. The maximum atomic E-state index is 12.4. The Morgan fingerprint density at radius 2 is 1.84 bits per heavy atom. The van der Waals surface area contributed by atoms with Gasteiger partial charge in [0.05, 0.1) is 6.10 Å². The van der Waals surface area contributed by atoms with Crippen LogP contribution in [0.1, 0.15) is 34.7 Å². The molecule has 1 amide bonds. The van der Waals surface area contributed by atoms with E-state index in [4.69, 9.17) is 11.6 Å². The minimum Gasteiger partial charge on any atom is -0.391 e. The lowest BCUT2D eigenvalue weighted by Crippen LogP contribution is -2.26. The van der Waals surface area contributed by atoms with Gasteiger partial charge in [-0.25, -0.2) is 0 Å². The standard InChI is InChI=1S/C20H21ClN2O2/c21-15-5-1-13(2-6-15)18-11-19(18)22-20(25)14-3-7-16(8-4-14)23-10-9-17(24)12-23/h1-8,17-19,24H,9-12H2,(H,22,25)/t17?,18-,19+/m0/s1. The van der Waals surface area contributed by atoms with Crippen molar-refractivity contribution in [2.75, 3.05) is 18.0 Å². The molecular weight excluding hydrogens is 336 g/mol. The van der Waals surface area contributed by atoms with E-state index in [1.54, 1.807) is 0 Å². The first kappa shape index (κ1) is 16.4. The van der Waals surface area contributed by atoms with E-state index >= 15 is 0 Å². The van der Waals surface area contributed by atoms with Crippen molar-refractivity contribution in [2.45, 2.75) is 30.9 Å². The fourth-order valence-electron chi connectivity index (χ4n) is 3.48. The molecule has 1 unspecified atom stereocenters. The molecule has 4 nitrogen and oxygen atoms in total. The number of rotatable bonds is 4. The van der Waals surface area contributed by atoms with Gasteiger partial charge in [-0.2, -0.15) is 0 Å². The van der Waals surface area contributed by atoms with Crippen LogP contribution in [0.2, 0.25) is 5.02 Å². The van der Waals surface area contributed by atoms with Crippen molar-refractivity contribution in [3.05, 3.63) is 64.7 Å². The Morgan fingerprint density at radius 3 is 2.48 bits per heavy atom. The quantitative estimate of drug-likeness (QED) is 0.884. The monoisotopic (exact) mass is 356 g/mol. The molecule has 0 aromatic heterocycles. The molecule has 0 spiro atoms. The molecule has 130 valence electrons. The maximum Gasteiger partial charge on any atom is 0.251 e. The van der Waals surface area contributed by atoms with Crippen LogP contribution in [0.15, 0.2) is 48.5 Å². The van der Waals surface area contributed by atoms with Crippen molar-refractivity contribution in [2.24, 2.45) is 0 Å². The predicted octanol–water partition coefficient (Wildman–Crippen LogP) is 3.20. The number of amides is 1. The van der Waals surface area contributed by atoms with Crippen molar-refractivity contribution in [3.63, 3.8) is 0 Å². The van der Waals surface area contributed by atoms with Crippen molar-refractivity contribution in [1.82, 2.24) is 5.32 Å². The summed E-state index contributed by atoms with van der Waals surface area (Å²) >= 11 is 5.92. The van der Waals surface area contributed by atoms with Crippen LogP contribution in [0.3, 0.4) is 0 Å². The van der Waals surface area contributed by atoms with Crippen molar-refractivity contribution >= 4 is 23.2 Å². The number of nitrogens with one attached hydrogen (secondary N) is 1. The molecular formula is C20H21ClN2O2. The molecule has 2 aliphatic rings. The molecule has 1 aliphatic carbocycles. The molecule has 25 heavy (non-hydrogen) atoms. The Bertz CT molecular complexity index is 760. The van der Waals surface area contributed by atoms with Crippen LogP contribution >= 0.6 is 11.6 Å². The van der Waals surface area contributed by atoms with Crippen molar-refractivity contribution in [3.8, 4) is 0 Å². The van der Waals surface area contributed by atoms with Gasteiger partial charge in [0.25, 0.3) is 5.91 Å². The number of carbonyl (C=O) groups is 1. The maximum absolute atomic E-state index is 12.4. The molecule has 2 N–H and O–H groups in total. The number of halogens is 1. The zero-order valence-electron chi connectivity index (χ0n) is 13.9. The molecule has 1 aliphatic heterocycles. The summed E-state index contributed by atoms with van der Waals surface area (Å²) in [6.45, 7) is 1.52. The second kappa shape index (κ2) is 6.70. The fraction of sp³-hybridized carbons (Fsp3) is 0.350. The summed E-state index contributed by atoms with van der Waals surface area (Å²) in [5.74, 6) is 0.348. The number of aliphatic hydroxyl groups is 1. The number of hydrogen-bond acceptors (Lipinski definition) is 3. The Balaban J connectivity index is 1.35. The lowest BCUT2D eigenvalue weighted by atomic mass is 10.1. The van der Waals surface area contributed by atoms with E-state index in [0.29, 0.717) is 18.0 Å². The van der Waals surface area contributed by atoms with Gasteiger partial charge >= 0.3 is 0 Å². The smallest absolute Gasteiger partial charge is 0.251 e. The number of hydrogen-bond donors (Lipinski definition) is 2. The summed E-state index contributed by atoms with van der Waals surface area (Å²) in [6, 6.07) is 15.7. The lowest BCUT2D eigenvalue weighted by Gasteiger charge is -2.18. The highest BCUT2D eigenvalue weighted by atomic mass is 35.5. The van der Waals surface area contributed by atoms with Gasteiger partial charge in [-0.3, -0.25) is 4.79 Å². The van der Waals surface area contributed by atoms with Gasteiger partial charge in [0.2, 0.25) is 0 Å². The summed E-state index contributed by atoms with van der Waals surface area (Å²) in [6.07, 6.45) is 1.52. The molecule has 5 heteroatoms. The average Bonchev–Trinajstić information content (AvgIpc) is 3.24. The zero-order valence-corrected chi connectivity index (χ0v) is 14.6. The van der Waals surface area contributed by atoms with E-state index < -0.39 is 0 Å². The molecule has 4 rings (SSSR count). The first-order valence-electron chi connectivity index (χ1n) is 8.69. The van der Waals surface area contributed by atoms with E-state index in [9.17, 15) is 9.90 Å². The Morgan fingerprint density at radius 1 is 1.12 bits per heavy atom. The number of β-amino-alcohol motifs (C(OH)–C–C–N with tert-alkyl or cyclic N) is 1. The van der Waals surface area contributed by atoms with Crippen LogP contribution in [0.5, 0.6) is 0 Å². The van der Waals surface area contributed by atoms with Crippen LogP contribution in [0, 0.1) is 0 Å². The van der Waals surface area contributed by atoms with E-state index in [1.165, 1.54) is 5.56 Å². The minimum absolute atomic E-state index is 0.0329. The molecule has 2 aromatic rings. The van der Waals surface area contributed by atoms with Gasteiger partial charge in [0, 0.05) is 41.3 Å². The summed E-state index contributed by atoms with van der Waals surface area (Å²) in [5.41, 5.74) is 2.95. The largest absolute Gasteiger partial charge is 0.391 e. The van der Waals surface area contributed by atoms with Gasteiger partial charge in [-0.05, 0) is 54.8 Å². The van der Waals surface area contributed by atoms with E-state index in [-0.39, 0.29) is 18.1 Å². The van der Waals surface area contributed by atoms with Crippen LogP contribution in [-0.4, -0.2) is 36.2 Å². The number of aliphatic hydroxyl groups excluding tert-OH is 1. The Kier molecular flexibility index (Phi) is 4.40. The zero-order chi connectivity index (χ0) is 17.4. The summed E-state index contributed by atoms with van der Waals surface area (Å²) in [7, 11) is 0. The highest BCUT2D eigenvalue weighted by molar-refractivity contribution is 6.30. The molecule has 0 radical (unpaired) electrons.